The SMILES string of the molecule is CCOc1ccc(Cc2nc3cc(Cl)c(S(=O)CC)cc3[nH]2)cc1. The van der Waals surface area contributed by atoms with Gasteiger partial charge in [0.15, 0.2) is 0 Å². The molecular formula is C18H19ClN2O2S. The second kappa shape index (κ2) is 7.36. The lowest BCUT2D eigenvalue weighted by atomic mass is 10.1. The van der Waals surface area contributed by atoms with Crippen LogP contribution in [0.1, 0.15) is 25.2 Å². The standard InChI is InChI=1S/C18H19ClN2O2S/c1-3-23-13-7-5-12(6-8-13)9-18-20-15-10-14(19)17(24(22)4-2)11-16(15)21-18/h5-8,10-11H,3-4,9H2,1-2H3,(H,20,21). The van der Waals surface area contributed by atoms with Crippen LogP contribution in [0.3, 0.4) is 0 Å². The first-order valence-corrected chi connectivity index (χ1v) is 9.58. The first-order valence-electron chi connectivity index (χ1n) is 7.89. The van der Waals surface area contributed by atoms with E-state index in [0.717, 1.165) is 28.2 Å². The number of H-pyrrole nitrogens is 1. The Kier molecular flexibility index (Phi) is 5.21. The highest BCUT2D eigenvalue weighted by molar-refractivity contribution is 7.85. The predicted octanol–water partition coefficient (Wildman–Crippen LogP) is 4.33. The van der Waals surface area contributed by atoms with Gasteiger partial charge in [-0.2, -0.15) is 0 Å². The minimum Gasteiger partial charge on any atom is -0.494 e. The number of ether oxygens (including phenoxy) is 1. The van der Waals surface area contributed by atoms with Crippen molar-refractivity contribution in [2.75, 3.05) is 12.4 Å². The molecule has 0 aliphatic carbocycles. The third-order valence-corrected chi connectivity index (χ3v) is 5.48. The van der Waals surface area contributed by atoms with Crippen LogP contribution in [0.5, 0.6) is 5.75 Å². The Morgan fingerprint density at radius 1 is 1.21 bits per heavy atom. The third kappa shape index (κ3) is 3.62. The maximum atomic E-state index is 12.0. The number of hydrogen-bond donors (Lipinski definition) is 1. The summed E-state index contributed by atoms with van der Waals surface area (Å²) >= 11 is 6.23. The number of nitrogens with zero attached hydrogens (tertiary/aromatic N) is 1. The number of aromatic amines is 1. The largest absolute Gasteiger partial charge is 0.494 e. The quantitative estimate of drug-likeness (QED) is 0.709. The van der Waals surface area contributed by atoms with E-state index in [2.05, 4.69) is 9.97 Å². The van der Waals surface area contributed by atoms with Gasteiger partial charge in [0, 0.05) is 12.2 Å². The van der Waals surface area contributed by atoms with Gasteiger partial charge in [-0.25, -0.2) is 4.98 Å². The average molecular weight is 363 g/mol. The molecule has 1 atom stereocenters. The molecule has 1 unspecified atom stereocenters. The van der Waals surface area contributed by atoms with Crippen molar-refractivity contribution in [1.29, 1.82) is 0 Å². The lowest BCUT2D eigenvalue weighted by molar-refractivity contribution is 0.340. The normalized spacial score (nSPS) is 12.5. The molecule has 0 spiro atoms. The maximum Gasteiger partial charge on any atom is 0.119 e. The van der Waals surface area contributed by atoms with E-state index in [-0.39, 0.29) is 0 Å². The zero-order chi connectivity index (χ0) is 17.1. The molecule has 6 heteroatoms. The van der Waals surface area contributed by atoms with Crippen molar-refractivity contribution >= 4 is 33.4 Å². The summed E-state index contributed by atoms with van der Waals surface area (Å²) in [6.07, 6.45) is 0.685. The highest BCUT2D eigenvalue weighted by Crippen LogP contribution is 2.26. The Bertz CT molecular complexity index is 875. The Labute approximate surface area is 148 Å². The number of rotatable bonds is 6. The number of hydrogen-bond acceptors (Lipinski definition) is 3. The summed E-state index contributed by atoms with van der Waals surface area (Å²) in [5, 5.41) is 0.502. The highest BCUT2D eigenvalue weighted by atomic mass is 35.5. The van der Waals surface area contributed by atoms with E-state index in [1.165, 1.54) is 0 Å². The number of aromatic nitrogens is 2. The van der Waals surface area contributed by atoms with Gasteiger partial charge in [-0.1, -0.05) is 30.7 Å². The molecule has 0 aliphatic heterocycles. The first kappa shape index (κ1) is 17.0. The van der Waals surface area contributed by atoms with Crippen LogP contribution in [0.25, 0.3) is 11.0 Å². The Morgan fingerprint density at radius 3 is 2.62 bits per heavy atom. The van der Waals surface area contributed by atoms with Gasteiger partial charge < -0.3 is 9.72 Å². The van der Waals surface area contributed by atoms with Gasteiger partial charge in [0.25, 0.3) is 0 Å². The summed E-state index contributed by atoms with van der Waals surface area (Å²) in [5.74, 6) is 2.26. The zero-order valence-corrected chi connectivity index (χ0v) is 15.2. The van der Waals surface area contributed by atoms with Gasteiger partial charge in [-0.05, 0) is 36.8 Å². The third-order valence-electron chi connectivity index (χ3n) is 3.70. The van der Waals surface area contributed by atoms with E-state index in [1.54, 1.807) is 6.07 Å². The van der Waals surface area contributed by atoms with Crippen LogP contribution in [-0.2, 0) is 17.2 Å². The Hall–Kier alpha value is -1.85. The zero-order valence-electron chi connectivity index (χ0n) is 13.6. The van der Waals surface area contributed by atoms with E-state index in [0.29, 0.717) is 28.7 Å². The molecule has 3 rings (SSSR count). The molecule has 24 heavy (non-hydrogen) atoms. The van der Waals surface area contributed by atoms with Crippen molar-refractivity contribution in [3.63, 3.8) is 0 Å². The molecule has 0 saturated carbocycles. The summed E-state index contributed by atoms with van der Waals surface area (Å²) in [6, 6.07) is 11.6. The molecule has 0 fully saturated rings. The predicted molar refractivity (Wildman–Crippen MR) is 98.5 cm³/mol. The van der Waals surface area contributed by atoms with Crippen LogP contribution in [0, 0.1) is 0 Å². The fourth-order valence-corrected chi connectivity index (χ4v) is 3.79. The van der Waals surface area contributed by atoms with Gasteiger partial charge in [-0.15, -0.1) is 0 Å². The summed E-state index contributed by atoms with van der Waals surface area (Å²) in [6.45, 7) is 4.50. The van der Waals surface area contributed by atoms with Gasteiger partial charge >= 0.3 is 0 Å². The van der Waals surface area contributed by atoms with Gasteiger partial charge in [0.05, 0.1) is 38.4 Å². The molecule has 0 aliphatic rings. The molecule has 126 valence electrons. The van der Waals surface area contributed by atoms with E-state index in [9.17, 15) is 4.21 Å². The van der Waals surface area contributed by atoms with Crippen molar-refractivity contribution in [3.8, 4) is 5.75 Å². The van der Waals surface area contributed by atoms with Crippen LogP contribution >= 0.6 is 11.6 Å². The number of nitrogens with one attached hydrogen (secondary N) is 1. The Balaban J connectivity index is 1.86. The van der Waals surface area contributed by atoms with Crippen LogP contribution in [-0.4, -0.2) is 26.5 Å². The number of fused-ring (bicyclic) bond motifs is 1. The van der Waals surface area contributed by atoms with Crippen LogP contribution < -0.4 is 4.74 Å². The molecule has 0 bridgehead atoms. The van der Waals surface area contributed by atoms with E-state index < -0.39 is 10.8 Å². The molecule has 1 aromatic heterocycles. The maximum absolute atomic E-state index is 12.0. The number of benzene rings is 2. The molecule has 2 aromatic carbocycles. The molecule has 1 heterocycles. The smallest absolute Gasteiger partial charge is 0.119 e. The average Bonchev–Trinajstić information content (AvgIpc) is 2.96. The number of halogens is 1. The van der Waals surface area contributed by atoms with Crippen molar-refractivity contribution in [2.24, 2.45) is 0 Å². The molecule has 3 aromatic rings. The lowest BCUT2D eigenvalue weighted by Crippen LogP contribution is -1.95. The molecule has 0 saturated heterocycles. The van der Waals surface area contributed by atoms with Crippen LogP contribution in [0.2, 0.25) is 5.02 Å². The second-order valence-electron chi connectivity index (χ2n) is 5.37. The molecule has 0 radical (unpaired) electrons. The first-order chi connectivity index (χ1) is 11.6. The van der Waals surface area contributed by atoms with Gasteiger partial charge in [0.1, 0.15) is 11.6 Å². The second-order valence-corrected chi connectivity index (χ2v) is 7.49. The van der Waals surface area contributed by atoms with E-state index in [4.69, 9.17) is 16.3 Å². The van der Waals surface area contributed by atoms with Crippen molar-refractivity contribution in [2.45, 2.75) is 25.2 Å². The van der Waals surface area contributed by atoms with Crippen molar-refractivity contribution < 1.29 is 8.95 Å². The molecule has 1 N–H and O–H groups in total. The van der Waals surface area contributed by atoms with E-state index >= 15 is 0 Å². The van der Waals surface area contributed by atoms with Crippen LogP contribution in [0.15, 0.2) is 41.3 Å². The summed E-state index contributed by atoms with van der Waals surface area (Å²) < 4.78 is 17.5. The molecule has 0 amide bonds. The molecule has 4 nitrogen and oxygen atoms in total. The molecular weight excluding hydrogens is 344 g/mol. The minimum absolute atomic E-state index is 0.502. The van der Waals surface area contributed by atoms with Gasteiger partial charge in [0.2, 0.25) is 0 Å². The summed E-state index contributed by atoms with van der Waals surface area (Å²) in [4.78, 5) is 8.53. The van der Waals surface area contributed by atoms with Crippen molar-refractivity contribution in [1.82, 2.24) is 9.97 Å². The monoisotopic (exact) mass is 362 g/mol. The highest BCUT2D eigenvalue weighted by Gasteiger charge is 2.12. The Morgan fingerprint density at radius 2 is 1.96 bits per heavy atom. The lowest BCUT2D eigenvalue weighted by Gasteiger charge is -2.03. The van der Waals surface area contributed by atoms with Crippen molar-refractivity contribution in [3.05, 3.63) is 52.8 Å². The topological polar surface area (TPSA) is 55.0 Å². The van der Waals surface area contributed by atoms with Crippen LogP contribution in [0.4, 0.5) is 0 Å². The minimum atomic E-state index is -1.09. The number of imidazole rings is 1. The van der Waals surface area contributed by atoms with E-state index in [1.807, 2.05) is 44.2 Å². The fourth-order valence-electron chi connectivity index (χ4n) is 2.54. The fraction of sp³-hybridized carbons (Fsp3) is 0.278. The summed E-state index contributed by atoms with van der Waals surface area (Å²) in [7, 11) is -1.09. The summed E-state index contributed by atoms with van der Waals surface area (Å²) in [5.41, 5.74) is 2.79. The van der Waals surface area contributed by atoms with Gasteiger partial charge in [-0.3, -0.25) is 4.21 Å².